The summed E-state index contributed by atoms with van der Waals surface area (Å²) < 4.78 is 5.44. The first-order valence-corrected chi connectivity index (χ1v) is 6.78. The molecule has 0 saturated carbocycles. The lowest BCUT2D eigenvalue weighted by Gasteiger charge is -2.28. The fourth-order valence-corrected chi connectivity index (χ4v) is 2.34. The van der Waals surface area contributed by atoms with E-state index >= 15 is 0 Å². The maximum absolute atomic E-state index is 5.80. The van der Waals surface area contributed by atoms with E-state index in [9.17, 15) is 0 Å². The lowest BCUT2D eigenvalue weighted by Crippen LogP contribution is -2.42. The molecule has 3 nitrogen and oxygen atoms in total. The minimum Gasteiger partial charge on any atom is -0.380 e. The summed E-state index contributed by atoms with van der Waals surface area (Å²) in [6.45, 7) is 4.76. The molecule has 1 aliphatic heterocycles. The van der Waals surface area contributed by atoms with Gasteiger partial charge in [-0.1, -0.05) is 0 Å². The van der Waals surface area contributed by atoms with Crippen LogP contribution in [0.1, 0.15) is 12.8 Å². The van der Waals surface area contributed by atoms with Crippen molar-refractivity contribution in [3.05, 3.63) is 0 Å². The van der Waals surface area contributed by atoms with Crippen molar-refractivity contribution < 1.29 is 4.74 Å². The van der Waals surface area contributed by atoms with Gasteiger partial charge in [0.15, 0.2) is 0 Å². The fraction of sp³-hybridized carbons (Fsp3) is 1.00. The van der Waals surface area contributed by atoms with E-state index in [1.165, 1.54) is 12.2 Å². The number of nitrogens with two attached hydrogens (primary N) is 1. The van der Waals surface area contributed by atoms with E-state index in [1.54, 1.807) is 0 Å². The summed E-state index contributed by atoms with van der Waals surface area (Å²) in [5.41, 5.74) is 5.80. The van der Waals surface area contributed by atoms with Crippen molar-refractivity contribution in [1.29, 1.82) is 0 Å². The van der Waals surface area contributed by atoms with Crippen molar-refractivity contribution in [2.75, 3.05) is 44.9 Å². The maximum Gasteiger partial charge on any atom is 0.0593 e. The first-order chi connectivity index (χ1) is 6.88. The molecule has 1 unspecified atom stereocenters. The molecule has 1 heterocycles. The first kappa shape index (κ1) is 12.3. The molecule has 1 aliphatic rings. The van der Waals surface area contributed by atoms with Crippen molar-refractivity contribution in [3.8, 4) is 0 Å². The summed E-state index contributed by atoms with van der Waals surface area (Å²) in [6, 6.07) is 0.559. The number of nitrogens with zero attached hydrogens (tertiary/aromatic N) is 1. The molecule has 0 aliphatic carbocycles. The molecule has 1 atom stereocenters. The fourth-order valence-electron chi connectivity index (χ4n) is 1.83. The highest BCUT2D eigenvalue weighted by Gasteiger charge is 2.17. The molecular weight excluding hydrogens is 196 g/mol. The van der Waals surface area contributed by atoms with Crippen LogP contribution in [0.25, 0.3) is 0 Å². The highest BCUT2D eigenvalue weighted by molar-refractivity contribution is 7.98. The smallest absolute Gasteiger partial charge is 0.0593 e. The van der Waals surface area contributed by atoms with Crippen LogP contribution in [-0.4, -0.2) is 55.8 Å². The normalized spacial score (nSPS) is 21.9. The second-order valence-corrected chi connectivity index (χ2v) is 4.66. The van der Waals surface area contributed by atoms with Gasteiger partial charge >= 0.3 is 0 Å². The van der Waals surface area contributed by atoms with Gasteiger partial charge in [0.2, 0.25) is 0 Å². The highest BCUT2D eigenvalue weighted by atomic mass is 32.2. The Morgan fingerprint density at radius 3 is 3.00 bits per heavy atom. The molecule has 0 amide bonds. The van der Waals surface area contributed by atoms with Gasteiger partial charge in [0.1, 0.15) is 0 Å². The molecule has 2 N–H and O–H groups in total. The Balaban J connectivity index is 2.32. The van der Waals surface area contributed by atoms with Crippen LogP contribution in [0.3, 0.4) is 0 Å². The Hall–Kier alpha value is 0.230. The van der Waals surface area contributed by atoms with E-state index in [-0.39, 0.29) is 0 Å². The topological polar surface area (TPSA) is 38.5 Å². The monoisotopic (exact) mass is 218 g/mol. The molecule has 14 heavy (non-hydrogen) atoms. The molecule has 4 heteroatoms. The largest absolute Gasteiger partial charge is 0.380 e. The van der Waals surface area contributed by atoms with Gasteiger partial charge in [0, 0.05) is 32.3 Å². The van der Waals surface area contributed by atoms with Crippen LogP contribution in [0, 0.1) is 0 Å². The van der Waals surface area contributed by atoms with Crippen LogP contribution in [0.5, 0.6) is 0 Å². The molecule has 1 fully saturated rings. The summed E-state index contributed by atoms with van der Waals surface area (Å²) in [4.78, 5) is 2.49. The van der Waals surface area contributed by atoms with Gasteiger partial charge in [-0.25, -0.2) is 0 Å². The van der Waals surface area contributed by atoms with Gasteiger partial charge in [-0.15, -0.1) is 0 Å². The summed E-state index contributed by atoms with van der Waals surface area (Å²) in [6.07, 6.45) is 4.51. The van der Waals surface area contributed by atoms with Crippen LogP contribution in [0.4, 0.5) is 0 Å². The zero-order valence-corrected chi connectivity index (χ0v) is 9.89. The van der Waals surface area contributed by atoms with Crippen LogP contribution >= 0.6 is 11.8 Å². The lowest BCUT2D eigenvalue weighted by molar-refractivity contribution is 0.132. The zero-order chi connectivity index (χ0) is 10.2. The van der Waals surface area contributed by atoms with E-state index in [4.69, 9.17) is 10.5 Å². The Morgan fingerprint density at radius 1 is 1.43 bits per heavy atom. The Labute approximate surface area is 91.4 Å². The average molecular weight is 218 g/mol. The van der Waals surface area contributed by atoms with E-state index in [0.29, 0.717) is 6.04 Å². The van der Waals surface area contributed by atoms with Crippen molar-refractivity contribution in [2.45, 2.75) is 18.9 Å². The second kappa shape index (κ2) is 7.51. The third-order valence-corrected chi connectivity index (χ3v) is 3.34. The molecule has 0 bridgehead atoms. The Bertz CT molecular complexity index is 138. The molecular formula is C10H22N2OS. The van der Waals surface area contributed by atoms with Crippen LogP contribution in [0.15, 0.2) is 0 Å². The van der Waals surface area contributed by atoms with Crippen molar-refractivity contribution >= 4 is 11.8 Å². The molecule has 0 aromatic heterocycles. The van der Waals surface area contributed by atoms with Crippen molar-refractivity contribution in [2.24, 2.45) is 5.73 Å². The van der Waals surface area contributed by atoms with E-state index in [2.05, 4.69) is 11.2 Å². The zero-order valence-electron chi connectivity index (χ0n) is 9.08. The predicted octanol–water partition coefficient (Wildman–Crippen LogP) is 0.789. The second-order valence-electron chi connectivity index (χ2n) is 3.67. The Kier molecular flexibility index (Phi) is 6.60. The van der Waals surface area contributed by atoms with E-state index in [1.807, 2.05) is 11.8 Å². The number of rotatable bonds is 5. The quantitative estimate of drug-likeness (QED) is 0.740. The number of ether oxygens (including phenoxy) is 1. The third-order valence-electron chi connectivity index (χ3n) is 2.70. The minimum atomic E-state index is 0.559. The van der Waals surface area contributed by atoms with Gasteiger partial charge < -0.3 is 10.5 Å². The molecule has 0 aromatic rings. The molecule has 84 valence electrons. The van der Waals surface area contributed by atoms with Crippen molar-refractivity contribution in [1.82, 2.24) is 4.90 Å². The van der Waals surface area contributed by atoms with Crippen LogP contribution in [0.2, 0.25) is 0 Å². The van der Waals surface area contributed by atoms with Crippen LogP contribution in [-0.2, 0) is 4.74 Å². The molecule has 0 spiro atoms. The lowest BCUT2D eigenvalue weighted by atomic mass is 10.2. The minimum absolute atomic E-state index is 0.559. The van der Waals surface area contributed by atoms with Gasteiger partial charge in [0.25, 0.3) is 0 Å². The third kappa shape index (κ3) is 4.17. The number of thioether (sulfide) groups is 1. The van der Waals surface area contributed by atoms with Crippen molar-refractivity contribution in [3.63, 3.8) is 0 Å². The number of hydrogen-bond acceptors (Lipinski definition) is 4. The number of hydrogen-bond donors (Lipinski definition) is 1. The SMILES string of the molecule is CSCCC(CN)N1CCCOCC1. The maximum atomic E-state index is 5.80. The van der Waals surface area contributed by atoms with Gasteiger partial charge in [-0.05, 0) is 24.9 Å². The summed E-state index contributed by atoms with van der Waals surface area (Å²) in [5, 5.41) is 0. The predicted molar refractivity (Wildman–Crippen MR) is 62.9 cm³/mol. The molecule has 1 rings (SSSR count). The van der Waals surface area contributed by atoms with Gasteiger partial charge in [-0.3, -0.25) is 4.90 Å². The highest BCUT2D eigenvalue weighted by Crippen LogP contribution is 2.10. The summed E-state index contributed by atoms with van der Waals surface area (Å²) >= 11 is 1.90. The molecule has 0 radical (unpaired) electrons. The van der Waals surface area contributed by atoms with E-state index < -0.39 is 0 Å². The standard InChI is InChI=1S/C10H22N2OS/c1-14-8-3-10(9-11)12-4-2-6-13-7-5-12/h10H,2-9,11H2,1H3. The summed E-state index contributed by atoms with van der Waals surface area (Å²) in [7, 11) is 0. The molecule has 1 saturated heterocycles. The molecule has 0 aromatic carbocycles. The average Bonchev–Trinajstić information content (AvgIpc) is 2.48. The van der Waals surface area contributed by atoms with Crippen LogP contribution < -0.4 is 5.73 Å². The van der Waals surface area contributed by atoms with Gasteiger partial charge in [-0.2, -0.15) is 11.8 Å². The van der Waals surface area contributed by atoms with Gasteiger partial charge in [0.05, 0.1) is 6.61 Å². The summed E-state index contributed by atoms with van der Waals surface area (Å²) in [5.74, 6) is 1.21. The first-order valence-electron chi connectivity index (χ1n) is 5.39. The van der Waals surface area contributed by atoms with E-state index in [0.717, 1.165) is 39.3 Å². The Morgan fingerprint density at radius 2 is 2.29 bits per heavy atom.